The summed E-state index contributed by atoms with van der Waals surface area (Å²) >= 11 is 0. The lowest BCUT2D eigenvalue weighted by atomic mass is 10.1. The summed E-state index contributed by atoms with van der Waals surface area (Å²) in [5.74, 6) is -1.14. The van der Waals surface area contributed by atoms with Gasteiger partial charge in [-0.25, -0.2) is 15.0 Å². The molecule has 5 heterocycles. The number of amides is 3. The Morgan fingerprint density at radius 3 is 2.26 bits per heavy atom. The minimum absolute atomic E-state index is 0.144. The highest BCUT2D eigenvalue weighted by atomic mass is 16.5. The average molecular weight is 783 g/mol. The van der Waals surface area contributed by atoms with E-state index in [1.165, 1.54) is 29.1 Å². The molecule has 0 bridgehead atoms. The second-order valence-electron chi connectivity index (χ2n) is 13.1. The first-order chi connectivity index (χ1) is 27.3. The number of benzene rings is 1. The van der Waals surface area contributed by atoms with E-state index in [9.17, 15) is 19.5 Å². The molecule has 6 aromatic rings. The van der Waals surface area contributed by atoms with Gasteiger partial charge in [-0.15, -0.1) is 0 Å². The molecule has 300 valence electrons. The quantitative estimate of drug-likeness (QED) is 0.0416. The van der Waals surface area contributed by atoms with Gasteiger partial charge in [-0.1, -0.05) is 12.2 Å². The maximum absolute atomic E-state index is 13.8. The topological polar surface area (TPSA) is 276 Å². The number of allylic oxidation sites excluding steroid dienone is 2. The van der Waals surface area contributed by atoms with Gasteiger partial charge in [0.2, 0.25) is 23.7 Å². The Bertz CT molecular complexity index is 2490. The van der Waals surface area contributed by atoms with E-state index in [0.29, 0.717) is 65.5 Å². The van der Waals surface area contributed by atoms with Crippen molar-refractivity contribution in [2.45, 2.75) is 66.5 Å². The predicted molar refractivity (Wildman–Crippen MR) is 212 cm³/mol. The zero-order valence-electron chi connectivity index (χ0n) is 32.3. The summed E-state index contributed by atoms with van der Waals surface area (Å²) in [6.45, 7) is 9.33. The van der Waals surface area contributed by atoms with E-state index in [1.54, 1.807) is 33.9 Å². The van der Waals surface area contributed by atoms with E-state index >= 15 is 0 Å². The number of nitrogen functional groups attached to an aromatic ring is 1. The Morgan fingerprint density at radius 2 is 1.58 bits per heavy atom. The van der Waals surface area contributed by atoms with Gasteiger partial charge in [0.05, 0.1) is 40.5 Å². The van der Waals surface area contributed by atoms with Crippen molar-refractivity contribution >= 4 is 57.5 Å². The summed E-state index contributed by atoms with van der Waals surface area (Å²) in [4.78, 5) is 51.9. The molecule has 9 N–H and O–H groups in total. The largest absolute Gasteiger partial charge is 0.491 e. The van der Waals surface area contributed by atoms with Crippen LogP contribution in [-0.2, 0) is 30.9 Å². The van der Waals surface area contributed by atoms with E-state index in [2.05, 4.69) is 30.8 Å². The van der Waals surface area contributed by atoms with Gasteiger partial charge < -0.3 is 41.7 Å². The number of carbonyl (C=O) groups excluding carboxylic acids is 3. The van der Waals surface area contributed by atoms with Crippen molar-refractivity contribution < 1.29 is 29.0 Å². The molecule has 0 fully saturated rings. The number of hydrogen-bond acceptors (Lipinski definition) is 13. The number of nitrogens with two attached hydrogens (primary N) is 3. The molecule has 20 heteroatoms. The number of nitrogens with one attached hydrogen (secondary N) is 2. The highest BCUT2D eigenvalue weighted by molar-refractivity contribution is 6.07. The Morgan fingerprint density at radius 1 is 0.895 bits per heavy atom. The summed E-state index contributed by atoms with van der Waals surface area (Å²) < 4.78 is 18.0. The molecule has 57 heavy (non-hydrogen) atoms. The lowest BCUT2D eigenvalue weighted by Crippen LogP contribution is -2.21. The Hall–Kier alpha value is -6.80. The van der Waals surface area contributed by atoms with E-state index < -0.39 is 23.9 Å². The molecule has 6 rings (SSSR count). The number of ether oxygens (including phenoxy) is 2. The highest BCUT2D eigenvalue weighted by Crippen LogP contribution is 2.32. The molecular formula is C37H46N14O6. The Balaban J connectivity index is 1.38. The van der Waals surface area contributed by atoms with Crippen molar-refractivity contribution in [2.75, 3.05) is 36.7 Å². The zero-order chi connectivity index (χ0) is 41.0. The third-order valence-electron chi connectivity index (χ3n) is 9.15. The number of pyridine rings is 1. The number of aliphatic hydroxyl groups excluding tert-OH is 1. The van der Waals surface area contributed by atoms with Gasteiger partial charge in [-0.2, -0.15) is 10.2 Å². The maximum Gasteiger partial charge on any atom is 0.278 e. The number of methoxy groups -OCH3 is 1. The average Bonchev–Trinajstić information content (AvgIpc) is 3.92. The summed E-state index contributed by atoms with van der Waals surface area (Å²) in [6.07, 6.45) is 4.42. The van der Waals surface area contributed by atoms with Crippen LogP contribution in [0.1, 0.15) is 74.8 Å². The van der Waals surface area contributed by atoms with Crippen LogP contribution in [0.15, 0.2) is 42.6 Å². The zero-order valence-corrected chi connectivity index (χ0v) is 32.3. The number of hydrogen-bond donors (Lipinski definition) is 6. The minimum Gasteiger partial charge on any atom is -0.491 e. The number of imidazole rings is 2. The molecule has 3 amide bonds. The van der Waals surface area contributed by atoms with Gasteiger partial charge in [0.25, 0.3) is 5.91 Å². The van der Waals surface area contributed by atoms with Crippen LogP contribution in [0.3, 0.4) is 0 Å². The second kappa shape index (κ2) is 16.9. The van der Waals surface area contributed by atoms with Gasteiger partial charge in [-0.05, 0) is 52.0 Å². The molecule has 0 aliphatic rings. The predicted octanol–water partition coefficient (Wildman–Crippen LogP) is 2.64. The molecule has 20 nitrogen and oxygen atoms in total. The second-order valence-corrected chi connectivity index (χ2v) is 13.1. The lowest BCUT2D eigenvalue weighted by Gasteiger charge is -2.16. The number of primary amides is 2. The van der Waals surface area contributed by atoms with Gasteiger partial charge in [0, 0.05) is 58.1 Å². The Labute approximate surface area is 326 Å². The van der Waals surface area contributed by atoms with Crippen molar-refractivity contribution in [1.82, 2.24) is 43.6 Å². The minimum atomic E-state index is -1.18. The van der Waals surface area contributed by atoms with Crippen LogP contribution >= 0.6 is 0 Å². The van der Waals surface area contributed by atoms with Crippen molar-refractivity contribution in [3.63, 3.8) is 0 Å². The van der Waals surface area contributed by atoms with Crippen LogP contribution in [0, 0.1) is 13.8 Å². The number of anilines is 3. The molecule has 0 aliphatic heterocycles. The molecule has 0 spiro atoms. The normalized spacial score (nSPS) is 12.2. The highest BCUT2D eigenvalue weighted by Gasteiger charge is 2.24. The standard InChI is InChI=1S/C37H46N14O6/c1-6-50-26(15-20(3)46-50)34(54)44-37-43-25-17-23(32(40)53)19-41-33(25)49(37)12-9-8-11-48-29-24(16-22(31(39)52)18-27(29)57-14-10-13-56-5)42-36(48)45-35(55)30-28(38)21(4)47-51(30)7-2/h8-9,15-19,34,54H,6-7,10-14,38H2,1-5H3,(H2,39,52)(H2,40,53)(H,43,44)(H,42,45,55)/b9-8+. The van der Waals surface area contributed by atoms with E-state index in [0.717, 1.165) is 5.69 Å². The van der Waals surface area contributed by atoms with Crippen LogP contribution in [0.25, 0.3) is 22.2 Å². The van der Waals surface area contributed by atoms with Crippen molar-refractivity contribution in [2.24, 2.45) is 11.5 Å². The molecule has 5 aromatic heterocycles. The number of rotatable bonds is 18. The molecule has 0 saturated heterocycles. The molecule has 1 atom stereocenters. The van der Waals surface area contributed by atoms with Crippen molar-refractivity contribution in [3.8, 4) is 5.75 Å². The number of nitrogens with zero attached hydrogens (tertiary/aromatic N) is 9. The van der Waals surface area contributed by atoms with Crippen LogP contribution in [-0.4, -0.2) is 86.8 Å². The third kappa shape index (κ3) is 8.26. The molecule has 0 saturated carbocycles. The van der Waals surface area contributed by atoms with Crippen LogP contribution in [0.4, 0.5) is 17.6 Å². The smallest absolute Gasteiger partial charge is 0.278 e. The molecular weight excluding hydrogens is 736 g/mol. The van der Waals surface area contributed by atoms with Gasteiger partial charge in [0.15, 0.2) is 11.9 Å². The van der Waals surface area contributed by atoms with E-state index in [-0.39, 0.29) is 54.1 Å². The summed E-state index contributed by atoms with van der Waals surface area (Å²) in [5, 5.41) is 26.0. The first-order valence-corrected chi connectivity index (χ1v) is 18.2. The maximum atomic E-state index is 13.8. The molecule has 0 aliphatic carbocycles. The Kier molecular flexibility index (Phi) is 11.8. The first kappa shape index (κ1) is 39.9. The molecule has 0 radical (unpaired) electrons. The number of aliphatic hydroxyl groups is 1. The monoisotopic (exact) mass is 782 g/mol. The fourth-order valence-corrected chi connectivity index (χ4v) is 6.39. The third-order valence-corrected chi connectivity index (χ3v) is 9.15. The number of aromatic nitrogens is 9. The van der Waals surface area contributed by atoms with Crippen LogP contribution < -0.4 is 32.6 Å². The molecule has 1 aromatic carbocycles. The van der Waals surface area contributed by atoms with Crippen LogP contribution in [0.2, 0.25) is 0 Å². The van der Waals surface area contributed by atoms with E-state index in [1.807, 2.05) is 32.9 Å². The SMILES string of the molecule is CCn1nc(C)cc1C(O)Nc1nc2cc(C(N)=O)cnc2n1C/C=C/Cn1c(NC(=O)c2c(N)c(C)nn2CC)nc2cc(C(N)=O)cc(OCCCOC)c21. The lowest BCUT2D eigenvalue weighted by molar-refractivity contribution is 0.0991. The van der Waals surface area contributed by atoms with Gasteiger partial charge in [-0.3, -0.25) is 33.6 Å². The summed E-state index contributed by atoms with van der Waals surface area (Å²) in [6, 6.07) is 6.38. The summed E-state index contributed by atoms with van der Waals surface area (Å²) in [5.41, 5.74) is 21.7. The first-order valence-electron chi connectivity index (χ1n) is 18.2. The van der Waals surface area contributed by atoms with Gasteiger partial charge in [0.1, 0.15) is 22.5 Å². The van der Waals surface area contributed by atoms with Crippen molar-refractivity contribution in [3.05, 3.63) is 76.5 Å². The fraction of sp³-hybridized carbons (Fsp3) is 0.351. The molecule has 1 unspecified atom stereocenters. The van der Waals surface area contributed by atoms with Gasteiger partial charge >= 0.3 is 0 Å². The number of fused-ring (bicyclic) bond motifs is 2. The fourth-order valence-electron chi connectivity index (χ4n) is 6.39. The number of carbonyl (C=O) groups is 3. The van der Waals surface area contributed by atoms with E-state index in [4.69, 9.17) is 31.7 Å². The summed E-state index contributed by atoms with van der Waals surface area (Å²) in [7, 11) is 1.59. The van der Waals surface area contributed by atoms with Crippen LogP contribution in [0.5, 0.6) is 5.75 Å². The number of aryl methyl sites for hydroxylation is 4. The van der Waals surface area contributed by atoms with Crippen molar-refractivity contribution in [1.29, 1.82) is 0 Å².